The number of rotatable bonds is 5. The number of aryl methyl sites for hydroxylation is 1. The first-order chi connectivity index (χ1) is 12.0. The van der Waals surface area contributed by atoms with Gasteiger partial charge in [0.25, 0.3) is 0 Å². The zero-order valence-electron chi connectivity index (χ0n) is 13.8. The highest BCUT2D eigenvalue weighted by Crippen LogP contribution is 2.22. The number of carboxylic acid groups (broad SMARTS) is 1. The minimum absolute atomic E-state index is 0.124. The number of amides is 1. The van der Waals surface area contributed by atoms with Gasteiger partial charge in [-0.05, 0) is 31.0 Å². The Kier molecular flexibility index (Phi) is 5.18. The Hall–Kier alpha value is -2.61. The fraction of sp³-hybridized carbons (Fsp3) is 0.412. The minimum Gasteiger partial charge on any atom is -0.493 e. The molecule has 0 radical (unpaired) electrons. The third-order valence-corrected chi connectivity index (χ3v) is 4.12. The van der Waals surface area contributed by atoms with Crippen molar-refractivity contribution in [2.24, 2.45) is 5.92 Å². The van der Waals surface area contributed by atoms with Gasteiger partial charge >= 0.3 is 6.09 Å². The van der Waals surface area contributed by atoms with E-state index in [2.05, 4.69) is 10.4 Å². The lowest BCUT2D eigenvalue weighted by atomic mass is 9.97. The van der Waals surface area contributed by atoms with Crippen molar-refractivity contribution >= 4 is 6.09 Å². The lowest BCUT2D eigenvalue weighted by molar-refractivity contribution is 0.0139. The zero-order chi connectivity index (χ0) is 17.8. The van der Waals surface area contributed by atoms with Crippen molar-refractivity contribution in [2.45, 2.75) is 19.4 Å². The summed E-state index contributed by atoms with van der Waals surface area (Å²) in [5.74, 6) is -0.188. The fourth-order valence-electron chi connectivity index (χ4n) is 2.82. The van der Waals surface area contributed by atoms with E-state index in [1.54, 1.807) is 24.5 Å². The molecule has 1 aromatic carbocycles. The second-order valence-corrected chi connectivity index (χ2v) is 6.07. The van der Waals surface area contributed by atoms with E-state index in [0.717, 1.165) is 5.56 Å². The smallest absolute Gasteiger partial charge is 0.404 e. The number of ether oxygens (including phenoxy) is 2. The van der Waals surface area contributed by atoms with Gasteiger partial charge in [-0.25, -0.2) is 13.9 Å². The lowest BCUT2D eigenvalue weighted by Gasteiger charge is -2.31. The molecular weight excluding hydrogens is 329 g/mol. The molecular formula is C17H20FN3O4. The molecule has 2 N–H and O–H groups in total. The summed E-state index contributed by atoms with van der Waals surface area (Å²) in [5, 5.41) is 15.5. The van der Waals surface area contributed by atoms with Crippen molar-refractivity contribution in [1.29, 1.82) is 0 Å². The molecule has 1 aliphatic heterocycles. The Bertz CT molecular complexity index is 749. The molecule has 1 fully saturated rings. The number of halogens is 1. The number of aromatic nitrogens is 2. The Morgan fingerprint density at radius 3 is 3.08 bits per heavy atom. The summed E-state index contributed by atoms with van der Waals surface area (Å²) in [5.41, 5.74) is 1.28. The Morgan fingerprint density at radius 1 is 1.56 bits per heavy atom. The number of nitrogens with one attached hydrogen (secondary N) is 1. The molecule has 0 aliphatic carbocycles. The van der Waals surface area contributed by atoms with E-state index in [1.165, 1.54) is 10.7 Å². The molecule has 2 heterocycles. The quantitative estimate of drug-likeness (QED) is 0.866. The second-order valence-electron chi connectivity index (χ2n) is 6.07. The summed E-state index contributed by atoms with van der Waals surface area (Å²) in [6.45, 7) is 3.03. The molecule has 0 saturated carbocycles. The van der Waals surface area contributed by atoms with Crippen LogP contribution in [0.15, 0.2) is 30.6 Å². The summed E-state index contributed by atoms with van der Waals surface area (Å²) in [4.78, 5) is 10.9. The zero-order valence-corrected chi connectivity index (χ0v) is 13.8. The molecule has 2 atom stereocenters. The van der Waals surface area contributed by atoms with Crippen molar-refractivity contribution in [1.82, 2.24) is 15.1 Å². The van der Waals surface area contributed by atoms with Crippen LogP contribution in [0.2, 0.25) is 0 Å². The predicted octanol–water partition coefficient (Wildman–Crippen LogP) is 2.37. The number of hydrogen-bond acceptors (Lipinski definition) is 4. The molecule has 1 aliphatic rings. The van der Waals surface area contributed by atoms with Gasteiger partial charge in [0.2, 0.25) is 0 Å². The maximum Gasteiger partial charge on any atom is 0.404 e. The third-order valence-electron chi connectivity index (χ3n) is 4.12. The average Bonchev–Trinajstić information content (AvgIpc) is 3.00. The fourth-order valence-corrected chi connectivity index (χ4v) is 2.82. The van der Waals surface area contributed by atoms with Gasteiger partial charge < -0.3 is 19.9 Å². The molecule has 1 amide bonds. The molecule has 134 valence electrons. The highest BCUT2D eigenvalue weighted by atomic mass is 19.1. The molecule has 7 nitrogen and oxygen atoms in total. The van der Waals surface area contributed by atoms with Crippen LogP contribution in [-0.4, -0.2) is 46.8 Å². The SMILES string of the molecule is Cc1cnn(-c2ccc(OCC3COCCC3NC(=O)O)cc2F)c1. The molecule has 2 aromatic rings. The van der Waals surface area contributed by atoms with Gasteiger partial charge in [-0.15, -0.1) is 0 Å². The average molecular weight is 349 g/mol. The van der Waals surface area contributed by atoms with Crippen LogP contribution < -0.4 is 10.1 Å². The number of benzene rings is 1. The topological polar surface area (TPSA) is 85.6 Å². The van der Waals surface area contributed by atoms with Gasteiger partial charge in [0.15, 0.2) is 5.82 Å². The van der Waals surface area contributed by atoms with Gasteiger partial charge in [0.1, 0.15) is 11.4 Å². The number of carbonyl (C=O) groups is 1. The third kappa shape index (κ3) is 4.27. The van der Waals surface area contributed by atoms with Crippen LogP contribution in [-0.2, 0) is 4.74 Å². The van der Waals surface area contributed by atoms with Gasteiger partial charge in [0.05, 0.1) is 19.4 Å². The van der Waals surface area contributed by atoms with Crippen molar-refractivity contribution < 1.29 is 23.8 Å². The van der Waals surface area contributed by atoms with Crippen molar-refractivity contribution in [3.8, 4) is 11.4 Å². The highest BCUT2D eigenvalue weighted by Gasteiger charge is 2.27. The first kappa shape index (κ1) is 17.2. The van der Waals surface area contributed by atoms with E-state index in [0.29, 0.717) is 31.1 Å². The Balaban J connectivity index is 1.64. The number of hydrogen-bond donors (Lipinski definition) is 2. The van der Waals surface area contributed by atoms with Crippen LogP contribution in [0.5, 0.6) is 5.75 Å². The van der Waals surface area contributed by atoms with Crippen molar-refractivity contribution in [3.05, 3.63) is 42.0 Å². The molecule has 3 rings (SSSR count). The lowest BCUT2D eigenvalue weighted by Crippen LogP contribution is -2.47. The normalized spacial score (nSPS) is 20.2. The highest BCUT2D eigenvalue weighted by molar-refractivity contribution is 5.64. The maximum atomic E-state index is 14.3. The summed E-state index contributed by atoms with van der Waals surface area (Å²) >= 11 is 0. The Morgan fingerprint density at radius 2 is 2.40 bits per heavy atom. The van der Waals surface area contributed by atoms with E-state index < -0.39 is 11.9 Å². The molecule has 1 saturated heterocycles. The second kappa shape index (κ2) is 7.52. The van der Waals surface area contributed by atoms with Crippen LogP contribution in [0.4, 0.5) is 9.18 Å². The maximum absolute atomic E-state index is 14.3. The minimum atomic E-state index is -1.07. The van der Waals surface area contributed by atoms with Crippen molar-refractivity contribution in [3.63, 3.8) is 0 Å². The standard InChI is InChI=1S/C17H20FN3O4/c1-11-7-19-21(8-11)16-3-2-13(6-14(16)18)25-10-12-9-24-5-4-15(12)20-17(22)23/h2-3,6-8,12,15,20H,4-5,9-10H2,1H3,(H,22,23). The monoisotopic (exact) mass is 349 g/mol. The van der Waals surface area contributed by atoms with Crippen LogP contribution in [0.1, 0.15) is 12.0 Å². The largest absolute Gasteiger partial charge is 0.493 e. The molecule has 8 heteroatoms. The Labute approximate surface area is 144 Å². The van der Waals surface area contributed by atoms with Crippen LogP contribution >= 0.6 is 0 Å². The van der Waals surface area contributed by atoms with E-state index >= 15 is 0 Å². The summed E-state index contributed by atoms with van der Waals surface area (Å²) in [6, 6.07) is 4.33. The molecule has 25 heavy (non-hydrogen) atoms. The molecule has 1 aromatic heterocycles. The molecule has 2 unspecified atom stereocenters. The van der Waals surface area contributed by atoms with E-state index in [9.17, 15) is 9.18 Å². The first-order valence-electron chi connectivity index (χ1n) is 8.04. The van der Waals surface area contributed by atoms with Gasteiger partial charge in [0, 0.05) is 30.8 Å². The van der Waals surface area contributed by atoms with Gasteiger partial charge in [-0.3, -0.25) is 0 Å². The summed E-state index contributed by atoms with van der Waals surface area (Å²) < 4.78 is 26.8. The van der Waals surface area contributed by atoms with Crippen LogP contribution in [0.25, 0.3) is 5.69 Å². The van der Waals surface area contributed by atoms with Crippen molar-refractivity contribution in [2.75, 3.05) is 19.8 Å². The van der Waals surface area contributed by atoms with Crippen LogP contribution in [0.3, 0.4) is 0 Å². The van der Waals surface area contributed by atoms with Crippen LogP contribution in [0, 0.1) is 18.7 Å². The van der Waals surface area contributed by atoms with E-state index in [4.69, 9.17) is 14.6 Å². The van der Waals surface area contributed by atoms with E-state index in [-0.39, 0.29) is 18.6 Å². The van der Waals surface area contributed by atoms with Gasteiger partial charge in [-0.1, -0.05) is 0 Å². The van der Waals surface area contributed by atoms with E-state index in [1.807, 2.05) is 6.92 Å². The number of nitrogens with zero attached hydrogens (tertiary/aromatic N) is 2. The first-order valence-corrected chi connectivity index (χ1v) is 8.04. The van der Waals surface area contributed by atoms with Gasteiger partial charge in [-0.2, -0.15) is 5.10 Å². The molecule has 0 spiro atoms. The molecule has 0 bridgehead atoms. The predicted molar refractivity (Wildman–Crippen MR) is 87.6 cm³/mol. The summed E-state index contributed by atoms with van der Waals surface area (Å²) in [7, 11) is 0. The summed E-state index contributed by atoms with van der Waals surface area (Å²) in [6.07, 6.45) is 2.91.